The van der Waals surface area contributed by atoms with Crippen LogP contribution in [0.2, 0.25) is 0 Å². The molecule has 0 unspecified atom stereocenters. The minimum absolute atomic E-state index is 0.0471. The van der Waals surface area contributed by atoms with E-state index in [9.17, 15) is 36.4 Å². The molecule has 1 aliphatic carbocycles. The van der Waals surface area contributed by atoms with Crippen molar-refractivity contribution in [3.63, 3.8) is 0 Å². The lowest BCUT2D eigenvalue weighted by Crippen LogP contribution is -2.29. The van der Waals surface area contributed by atoms with Crippen molar-refractivity contribution < 1.29 is 40.1 Å². The molecular weight excluding hydrogens is 525 g/mol. The number of nitriles is 1. The molecule has 0 fully saturated rings. The average Bonchev–Trinajstić information content (AvgIpc) is 3.14. The molecule has 12 heteroatoms. The normalized spacial score (nSPS) is 16.8. The Bertz CT molecular complexity index is 1370. The second-order valence-corrected chi connectivity index (χ2v) is 10.8. The summed E-state index contributed by atoms with van der Waals surface area (Å²) in [6.07, 6.45) is 2.14. The molecule has 3 rings (SSSR count). The number of hydrogen-bond donors (Lipinski definition) is 1. The highest BCUT2D eigenvalue weighted by Gasteiger charge is 2.49. The van der Waals surface area contributed by atoms with Gasteiger partial charge in [-0.3, -0.25) is 9.59 Å². The van der Waals surface area contributed by atoms with Gasteiger partial charge in [0.05, 0.1) is 18.2 Å². The quantitative estimate of drug-likeness (QED) is 0.253. The summed E-state index contributed by atoms with van der Waals surface area (Å²) in [7, 11) is -5.83. The number of hydrogen-bond acceptors (Lipinski definition) is 7. The highest BCUT2D eigenvalue weighted by atomic mass is 32.2. The van der Waals surface area contributed by atoms with Crippen LogP contribution >= 0.6 is 0 Å². The van der Waals surface area contributed by atoms with E-state index in [0.29, 0.717) is 42.5 Å². The van der Waals surface area contributed by atoms with Crippen LogP contribution in [0.25, 0.3) is 0 Å². The molecule has 0 bridgehead atoms. The van der Waals surface area contributed by atoms with Crippen molar-refractivity contribution in [2.75, 3.05) is 11.9 Å². The number of alkyl halides is 3. The summed E-state index contributed by atoms with van der Waals surface area (Å²) in [6, 6.07) is 10.8. The van der Waals surface area contributed by atoms with Gasteiger partial charge in [0.25, 0.3) is 0 Å². The van der Waals surface area contributed by atoms with Crippen LogP contribution < -0.4 is 9.50 Å². The lowest BCUT2D eigenvalue weighted by atomic mass is 9.80. The molecular formula is C26H27F3N2O6S. The highest BCUT2D eigenvalue weighted by molar-refractivity contribution is 7.88. The van der Waals surface area contributed by atoms with E-state index in [4.69, 9.17) is 4.74 Å². The van der Waals surface area contributed by atoms with Crippen molar-refractivity contribution in [1.29, 1.82) is 5.26 Å². The SMILES string of the molecule is CCOC(=O)CCCc1ccc(C#N)cc1NC(=O)C[C@@]1(C)CCc2ccc(OS(=O)(=O)C(F)(F)F)cc21. The number of esters is 1. The monoisotopic (exact) mass is 552 g/mol. The van der Waals surface area contributed by atoms with Crippen LogP contribution in [-0.4, -0.2) is 32.4 Å². The van der Waals surface area contributed by atoms with Crippen molar-refractivity contribution >= 4 is 27.7 Å². The van der Waals surface area contributed by atoms with E-state index in [1.165, 1.54) is 18.2 Å². The van der Waals surface area contributed by atoms with Crippen LogP contribution in [0, 0.1) is 11.3 Å². The second-order valence-electron chi connectivity index (χ2n) is 9.23. The van der Waals surface area contributed by atoms with Crippen molar-refractivity contribution in [3.05, 3.63) is 58.7 Å². The van der Waals surface area contributed by atoms with Crippen molar-refractivity contribution in [2.24, 2.45) is 0 Å². The molecule has 0 aromatic heterocycles. The number of aryl methyl sites for hydroxylation is 2. The molecule has 0 saturated carbocycles. The third kappa shape index (κ3) is 6.83. The number of anilines is 1. The largest absolute Gasteiger partial charge is 0.534 e. The summed E-state index contributed by atoms with van der Waals surface area (Å²) in [5.41, 5.74) is -3.57. The van der Waals surface area contributed by atoms with Gasteiger partial charge in [0.15, 0.2) is 0 Å². The predicted octanol–water partition coefficient (Wildman–Crippen LogP) is 4.91. The minimum atomic E-state index is -5.83. The fourth-order valence-corrected chi connectivity index (χ4v) is 4.93. The molecule has 2 aromatic carbocycles. The summed E-state index contributed by atoms with van der Waals surface area (Å²) in [4.78, 5) is 24.7. The molecule has 0 aliphatic heterocycles. The van der Waals surface area contributed by atoms with E-state index >= 15 is 0 Å². The Hall–Kier alpha value is -3.59. The van der Waals surface area contributed by atoms with Gasteiger partial charge in [0, 0.05) is 23.9 Å². The fraction of sp³-hybridized carbons (Fsp3) is 0.423. The van der Waals surface area contributed by atoms with Gasteiger partial charge in [-0.15, -0.1) is 0 Å². The second kappa shape index (κ2) is 11.4. The minimum Gasteiger partial charge on any atom is -0.466 e. The van der Waals surface area contributed by atoms with Gasteiger partial charge in [-0.05, 0) is 73.6 Å². The van der Waals surface area contributed by atoms with E-state index < -0.39 is 32.7 Å². The zero-order valence-electron chi connectivity index (χ0n) is 20.9. The number of halogens is 3. The average molecular weight is 553 g/mol. The number of ether oxygens (including phenoxy) is 1. The maximum atomic E-state index is 13.1. The fourth-order valence-electron chi connectivity index (χ4n) is 4.48. The number of benzene rings is 2. The maximum Gasteiger partial charge on any atom is 0.534 e. The summed E-state index contributed by atoms with van der Waals surface area (Å²) in [5, 5.41) is 12.1. The summed E-state index contributed by atoms with van der Waals surface area (Å²) >= 11 is 0. The molecule has 1 atom stereocenters. The molecule has 204 valence electrons. The lowest BCUT2D eigenvalue weighted by molar-refractivity contribution is -0.143. The number of amides is 1. The zero-order valence-corrected chi connectivity index (χ0v) is 21.7. The highest BCUT2D eigenvalue weighted by Crippen LogP contribution is 2.43. The van der Waals surface area contributed by atoms with E-state index in [1.54, 1.807) is 26.0 Å². The van der Waals surface area contributed by atoms with E-state index in [-0.39, 0.29) is 25.4 Å². The van der Waals surface area contributed by atoms with Crippen LogP contribution in [0.15, 0.2) is 36.4 Å². The van der Waals surface area contributed by atoms with Crippen LogP contribution in [0.1, 0.15) is 61.8 Å². The Morgan fingerprint density at radius 1 is 1.18 bits per heavy atom. The number of nitrogens with zero attached hydrogens (tertiary/aromatic N) is 1. The molecule has 0 heterocycles. The molecule has 0 saturated heterocycles. The van der Waals surface area contributed by atoms with Crippen molar-refractivity contribution in [1.82, 2.24) is 0 Å². The number of rotatable bonds is 10. The van der Waals surface area contributed by atoms with Crippen LogP contribution in [0.5, 0.6) is 5.75 Å². The van der Waals surface area contributed by atoms with Gasteiger partial charge >= 0.3 is 21.6 Å². The van der Waals surface area contributed by atoms with Crippen LogP contribution in [0.4, 0.5) is 18.9 Å². The van der Waals surface area contributed by atoms with E-state index in [1.807, 2.05) is 6.07 Å². The first-order chi connectivity index (χ1) is 17.8. The first kappa shape index (κ1) is 29.0. The van der Waals surface area contributed by atoms with Gasteiger partial charge in [0.1, 0.15) is 5.75 Å². The molecule has 0 radical (unpaired) electrons. The number of fused-ring (bicyclic) bond motifs is 1. The number of carbonyl (C=O) groups excluding carboxylic acids is 2. The van der Waals surface area contributed by atoms with Crippen LogP contribution in [0.3, 0.4) is 0 Å². The first-order valence-corrected chi connectivity index (χ1v) is 13.3. The van der Waals surface area contributed by atoms with Gasteiger partial charge in [0.2, 0.25) is 5.91 Å². The summed E-state index contributed by atoms with van der Waals surface area (Å²) in [6.45, 7) is 3.77. The van der Waals surface area contributed by atoms with E-state index in [0.717, 1.165) is 17.2 Å². The van der Waals surface area contributed by atoms with Crippen molar-refractivity contribution in [2.45, 2.75) is 63.3 Å². The topological polar surface area (TPSA) is 123 Å². The maximum absolute atomic E-state index is 13.1. The van der Waals surface area contributed by atoms with Gasteiger partial charge < -0.3 is 14.2 Å². The number of carbonyl (C=O) groups is 2. The number of nitrogens with one attached hydrogen (secondary N) is 1. The smallest absolute Gasteiger partial charge is 0.466 e. The van der Waals surface area contributed by atoms with Crippen LogP contribution in [-0.2, 0) is 42.7 Å². The third-order valence-corrected chi connectivity index (χ3v) is 7.34. The molecule has 1 amide bonds. The summed E-state index contributed by atoms with van der Waals surface area (Å²) < 4.78 is 70.3. The van der Waals surface area contributed by atoms with Gasteiger partial charge in [-0.2, -0.15) is 26.9 Å². The molecule has 8 nitrogen and oxygen atoms in total. The first-order valence-electron chi connectivity index (χ1n) is 11.9. The third-order valence-electron chi connectivity index (χ3n) is 6.36. The standard InChI is InChI=1S/C26H27F3N2O6S/c1-3-36-24(33)6-4-5-19-8-7-17(16-30)13-22(19)31-23(32)15-25(2)12-11-18-9-10-20(14-21(18)25)37-38(34,35)26(27,28)29/h7-10,13-14H,3-6,11-12,15H2,1-2H3,(H,31,32)/t25-/m1/s1. The Morgan fingerprint density at radius 2 is 1.92 bits per heavy atom. The van der Waals surface area contributed by atoms with E-state index in [2.05, 4.69) is 9.50 Å². The molecule has 1 aliphatic rings. The Kier molecular flexibility index (Phi) is 8.72. The van der Waals surface area contributed by atoms with Gasteiger partial charge in [-0.25, -0.2) is 0 Å². The molecule has 0 spiro atoms. The Morgan fingerprint density at radius 3 is 2.58 bits per heavy atom. The lowest BCUT2D eigenvalue weighted by Gasteiger charge is -2.25. The zero-order chi connectivity index (χ0) is 28.1. The van der Waals surface area contributed by atoms with Gasteiger partial charge in [-0.1, -0.05) is 19.1 Å². The summed E-state index contributed by atoms with van der Waals surface area (Å²) in [5.74, 6) is -1.21. The predicted molar refractivity (Wildman–Crippen MR) is 132 cm³/mol. The van der Waals surface area contributed by atoms with Crippen molar-refractivity contribution in [3.8, 4) is 11.8 Å². The molecule has 2 aromatic rings. The Labute approximate surface area is 218 Å². The molecule has 38 heavy (non-hydrogen) atoms. The molecule has 1 N–H and O–H groups in total. The Balaban J connectivity index is 1.76.